The first-order valence-electron chi connectivity index (χ1n) is 9.71. The molecule has 0 radical (unpaired) electrons. The monoisotopic (exact) mass is 395 g/mol. The normalized spacial score (nSPS) is 21.5. The van der Waals surface area contributed by atoms with Crippen molar-refractivity contribution in [3.8, 4) is 11.5 Å². The van der Waals surface area contributed by atoms with Gasteiger partial charge in [0.2, 0.25) is 5.89 Å². The van der Waals surface area contributed by atoms with Crippen LogP contribution in [0.25, 0.3) is 11.5 Å². The van der Waals surface area contributed by atoms with Gasteiger partial charge in [-0.15, -0.1) is 0 Å². The second-order valence-corrected chi connectivity index (χ2v) is 8.36. The Morgan fingerprint density at radius 3 is 2.79 bits per heavy atom. The van der Waals surface area contributed by atoms with Crippen molar-refractivity contribution in [2.24, 2.45) is 5.92 Å². The summed E-state index contributed by atoms with van der Waals surface area (Å²) in [4.78, 5) is 19.4. The second kappa shape index (κ2) is 6.90. The molecule has 5 rings (SSSR count). The van der Waals surface area contributed by atoms with Gasteiger partial charge in [-0.25, -0.2) is 4.98 Å². The minimum absolute atomic E-state index is 0.126. The van der Waals surface area contributed by atoms with Crippen LogP contribution >= 0.6 is 11.6 Å². The first-order valence-corrected chi connectivity index (χ1v) is 10.1. The Morgan fingerprint density at radius 2 is 1.96 bits per heavy atom. The van der Waals surface area contributed by atoms with Gasteiger partial charge in [-0.2, -0.15) is 0 Å². The SMILES string of the molecule is Cc1oc(-c2ccc(Cl)cc2)nc1CN1CC2CC(C1)c1cccc(=O)n1C2. The Kier molecular flexibility index (Phi) is 4.37. The molecule has 1 fully saturated rings. The van der Waals surface area contributed by atoms with Crippen molar-refractivity contribution in [1.82, 2.24) is 14.5 Å². The molecule has 0 saturated carbocycles. The van der Waals surface area contributed by atoms with Gasteiger partial charge < -0.3 is 8.98 Å². The van der Waals surface area contributed by atoms with Crippen molar-refractivity contribution in [2.75, 3.05) is 13.1 Å². The van der Waals surface area contributed by atoms with Crippen LogP contribution in [-0.2, 0) is 13.1 Å². The number of rotatable bonds is 3. The molecule has 2 aliphatic rings. The summed E-state index contributed by atoms with van der Waals surface area (Å²) in [5, 5.41) is 0.700. The van der Waals surface area contributed by atoms with E-state index in [4.69, 9.17) is 21.0 Å². The standard InChI is InChI=1S/C22H22ClN3O2/c1-14-19(24-22(28-14)16-5-7-18(23)8-6-16)13-25-10-15-9-17(12-25)20-3-2-4-21(27)26(20)11-15/h2-8,15,17H,9-13H2,1H3. The summed E-state index contributed by atoms with van der Waals surface area (Å²) >= 11 is 5.98. The summed E-state index contributed by atoms with van der Waals surface area (Å²) in [6.07, 6.45) is 1.16. The zero-order valence-electron chi connectivity index (χ0n) is 15.8. The van der Waals surface area contributed by atoms with Crippen molar-refractivity contribution in [2.45, 2.75) is 32.4 Å². The average Bonchev–Trinajstić information content (AvgIpc) is 3.04. The number of likely N-dealkylation sites (tertiary alicyclic amines) is 1. The van der Waals surface area contributed by atoms with Crippen LogP contribution in [0.2, 0.25) is 5.02 Å². The highest BCUT2D eigenvalue weighted by atomic mass is 35.5. The van der Waals surface area contributed by atoms with Crippen LogP contribution in [0.15, 0.2) is 51.7 Å². The van der Waals surface area contributed by atoms with E-state index >= 15 is 0 Å². The number of nitrogens with zero attached hydrogens (tertiary/aromatic N) is 3. The number of aromatic nitrogens is 2. The number of hydrogen-bond acceptors (Lipinski definition) is 4. The van der Waals surface area contributed by atoms with Gasteiger partial charge in [0.05, 0.1) is 5.69 Å². The van der Waals surface area contributed by atoms with Crippen LogP contribution in [0.1, 0.15) is 29.5 Å². The van der Waals surface area contributed by atoms with E-state index in [2.05, 4.69) is 11.0 Å². The number of fused-ring (bicyclic) bond motifs is 4. The van der Waals surface area contributed by atoms with Gasteiger partial charge in [0, 0.05) is 54.4 Å². The Balaban J connectivity index is 1.37. The quantitative estimate of drug-likeness (QED) is 0.670. The summed E-state index contributed by atoms with van der Waals surface area (Å²) in [5.74, 6) is 2.41. The van der Waals surface area contributed by atoms with E-state index in [1.807, 2.05) is 41.8 Å². The molecule has 0 spiro atoms. The van der Waals surface area contributed by atoms with Crippen molar-refractivity contribution in [3.63, 3.8) is 0 Å². The molecule has 4 heterocycles. The highest BCUT2D eigenvalue weighted by molar-refractivity contribution is 6.30. The number of halogens is 1. The smallest absolute Gasteiger partial charge is 0.250 e. The highest BCUT2D eigenvalue weighted by Gasteiger charge is 2.34. The van der Waals surface area contributed by atoms with Crippen LogP contribution in [-0.4, -0.2) is 27.5 Å². The molecular weight excluding hydrogens is 374 g/mol. The summed E-state index contributed by atoms with van der Waals surface area (Å²) in [5.41, 5.74) is 3.21. The molecule has 0 aliphatic carbocycles. The van der Waals surface area contributed by atoms with Gasteiger partial charge in [0.25, 0.3) is 5.56 Å². The van der Waals surface area contributed by atoms with Crippen molar-refractivity contribution < 1.29 is 4.42 Å². The Labute approximate surface area is 168 Å². The summed E-state index contributed by atoms with van der Waals surface area (Å²) in [7, 11) is 0. The van der Waals surface area contributed by atoms with E-state index in [1.54, 1.807) is 6.07 Å². The fraction of sp³-hybridized carbons (Fsp3) is 0.364. The van der Waals surface area contributed by atoms with Gasteiger partial charge in [0.15, 0.2) is 0 Å². The first-order chi connectivity index (χ1) is 13.6. The van der Waals surface area contributed by atoms with E-state index in [-0.39, 0.29) is 5.56 Å². The number of benzene rings is 1. The lowest BCUT2D eigenvalue weighted by Gasteiger charge is -2.42. The van der Waals surface area contributed by atoms with E-state index in [9.17, 15) is 4.79 Å². The van der Waals surface area contributed by atoms with E-state index < -0.39 is 0 Å². The summed E-state index contributed by atoms with van der Waals surface area (Å²) in [6, 6.07) is 13.2. The third-order valence-corrected chi connectivity index (χ3v) is 6.16. The number of aryl methyl sites for hydroxylation is 1. The average molecular weight is 396 g/mol. The lowest BCUT2D eigenvalue weighted by molar-refractivity contribution is 0.113. The maximum Gasteiger partial charge on any atom is 0.250 e. The molecule has 0 N–H and O–H groups in total. The molecule has 1 aromatic carbocycles. The molecule has 2 aliphatic heterocycles. The van der Waals surface area contributed by atoms with Crippen LogP contribution < -0.4 is 5.56 Å². The number of hydrogen-bond donors (Lipinski definition) is 0. The maximum absolute atomic E-state index is 12.2. The summed E-state index contributed by atoms with van der Waals surface area (Å²) < 4.78 is 7.89. The van der Waals surface area contributed by atoms with E-state index in [1.165, 1.54) is 5.69 Å². The predicted molar refractivity (Wildman–Crippen MR) is 109 cm³/mol. The molecule has 144 valence electrons. The fourth-order valence-electron chi connectivity index (χ4n) is 4.63. The molecule has 3 aromatic rings. The molecule has 2 unspecified atom stereocenters. The minimum Gasteiger partial charge on any atom is -0.441 e. The van der Waals surface area contributed by atoms with Gasteiger partial charge in [0.1, 0.15) is 5.76 Å². The van der Waals surface area contributed by atoms with E-state index in [0.717, 1.165) is 49.6 Å². The Hall–Kier alpha value is -2.37. The van der Waals surface area contributed by atoms with Crippen LogP contribution in [0.3, 0.4) is 0 Å². The Morgan fingerprint density at radius 1 is 1.14 bits per heavy atom. The molecule has 1 saturated heterocycles. The second-order valence-electron chi connectivity index (χ2n) is 7.92. The molecule has 28 heavy (non-hydrogen) atoms. The maximum atomic E-state index is 12.2. The third kappa shape index (κ3) is 3.19. The topological polar surface area (TPSA) is 51.3 Å². The zero-order valence-corrected chi connectivity index (χ0v) is 16.5. The number of pyridine rings is 1. The largest absolute Gasteiger partial charge is 0.441 e. The van der Waals surface area contributed by atoms with Crippen molar-refractivity contribution in [3.05, 3.63) is 75.0 Å². The third-order valence-electron chi connectivity index (χ3n) is 5.91. The number of piperidine rings is 1. The highest BCUT2D eigenvalue weighted by Crippen LogP contribution is 2.35. The lowest BCUT2D eigenvalue weighted by Crippen LogP contribution is -2.46. The molecule has 5 nitrogen and oxygen atoms in total. The van der Waals surface area contributed by atoms with Crippen molar-refractivity contribution in [1.29, 1.82) is 0 Å². The van der Waals surface area contributed by atoms with Crippen LogP contribution in [0.5, 0.6) is 0 Å². The molecular formula is C22H22ClN3O2. The van der Waals surface area contributed by atoms with Gasteiger partial charge >= 0.3 is 0 Å². The van der Waals surface area contributed by atoms with Crippen LogP contribution in [0, 0.1) is 12.8 Å². The fourth-order valence-corrected chi connectivity index (χ4v) is 4.75. The van der Waals surface area contributed by atoms with Gasteiger partial charge in [-0.1, -0.05) is 17.7 Å². The number of oxazole rings is 1. The van der Waals surface area contributed by atoms with Crippen LogP contribution in [0.4, 0.5) is 0 Å². The first kappa shape index (κ1) is 17.7. The zero-order chi connectivity index (χ0) is 19.3. The predicted octanol–water partition coefficient (Wildman–Crippen LogP) is 4.08. The Bertz CT molecular complexity index is 1070. The molecule has 6 heteroatoms. The van der Waals surface area contributed by atoms with Crippen molar-refractivity contribution >= 4 is 11.6 Å². The summed E-state index contributed by atoms with van der Waals surface area (Å²) in [6.45, 7) is 5.49. The van der Waals surface area contributed by atoms with Gasteiger partial charge in [-0.05, 0) is 49.6 Å². The molecule has 2 bridgehead atoms. The minimum atomic E-state index is 0.126. The molecule has 0 amide bonds. The van der Waals surface area contributed by atoms with Gasteiger partial charge in [-0.3, -0.25) is 9.69 Å². The van der Waals surface area contributed by atoms with E-state index in [0.29, 0.717) is 22.7 Å². The molecule has 2 atom stereocenters. The molecule has 2 aromatic heterocycles. The lowest BCUT2D eigenvalue weighted by atomic mass is 9.83.